The van der Waals surface area contributed by atoms with Crippen LogP contribution in [0, 0.1) is 6.92 Å². The van der Waals surface area contributed by atoms with Crippen LogP contribution < -0.4 is 15.6 Å². The zero-order chi connectivity index (χ0) is 24.1. The highest BCUT2D eigenvalue weighted by Gasteiger charge is 2.21. The van der Waals surface area contributed by atoms with Crippen LogP contribution in [-0.2, 0) is 9.53 Å². The number of amides is 1. The lowest BCUT2D eigenvalue weighted by atomic mass is 10.1. The molecule has 8 nitrogen and oxygen atoms in total. The number of rotatable bonds is 7. The van der Waals surface area contributed by atoms with E-state index in [1.807, 2.05) is 55.5 Å². The van der Waals surface area contributed by atoms with E-state index in [4.69, 9.17) is 9.47 Å². The van der Waals surface area contributed by atoms with Crippen molar-refractivity contribution in [1.29, 1.82) is 0 Å². The number of carbonyl (C=O) groups is 2. The lowest BCUT2D eigenvalue weighted by Crippen LogP contribution is -2.27. The monoisotopic (exact) mass is 457 g/mol. The van der Waals surface area contributed by atoms with E-state index in [9.17, 15) is 14.4 Å². The number of esters is 1. The zero-order valence-corrected chi connectivity index (χ0v) is 18.8. The number of nitrogens with zero attached hydrogens (tertiary/aromatic N) is 2. The molecule has 34 heavy (non-hydrogen) atoms. The van der Waals surface area contributed by atoms with Crippen LogP contribution in [0.25, 0.3) is 16.5 Å². The Kier molecular flexibility index (Phi) is 6.68. The number of hydrogen-bond donors (Lipinski definition) is 1. The summed E-state index contributed by atoms with van der Waals surface area (Å²) in [6.45, 7) is 3.18. The number of nitrogens with one attached hydrogen (secondary N) is 1. The Labute approximate surface area is 195 Å². The first-order valence-electron chi connectivity index (χ1n) is 10.8. The van der Waals surface area contributed by atoms with Gasteiger partial charge in [0.1, 0.15) is 0 Å². The quantitative estimate of drug-likeness (QED) is 0.423. The predicted octanol–water partition coefficient (Wildman–Crippen LogP) is 3.89. The van der Waals surface area contributed by atoms with Crippen molar-refractivity contribution in [1.82, 2.24) is 9.78 Å². The number of fused-ring (bicyclic) bond motifs is 1. The predicted molar refractivity (Wildman–Crippen MR) is 129 cm³/mol. The van der Waals surface area contributed by atoms with Gasteiger partial charge < -0.3 is 14.8 Å². The van der Waals surface area contributed by atoms with Gasteiger partial charge in [-0.15, -0.1) is 0 Å². The zero-order valence-electron chi connectivity index (χ0n) is 18.8. The van der Waals surface area contributed by atoms with Crippen LogP contribution in [0.15, 0.2) is 77.6 Å². The molecule has 0 saturated heterocycles. The molecule has 0 spiro atoms. The van der Waals surface area contributed by atoms with Crippen LogP contribution in [0.1, 0.15) is 23.0 Å². The van der Waals surface area contributed by atoms with E-state index >= 15 is 0 Å². The number of anilines is 1. The maximum atomic E-state index is 12.8. The van der Waals surface area contributed by atoms with Crippen LogP contribution in [0.4, 0.5) is 5.69 Å². The number of aryl methyl sites for hydroxylation is 1. The van der Waals surface area contributed by atoms with E-state index in [-0.39, 0.29) is 18.1 Å². The molecule has 0 saturated carbocycles. The average molecular weight is 457 g/mol. The van der Waals surface area contributed by atoms with Gasteiger partial charge in [-0.2, -0.15) is 9.78 Å². The fourth-order valence-corrected chi connectivity index (χ4v) is 3.53. The molecule has 1 amide bonds. The van der Waals surface area contributed by atoms with E-state index in [1.54, 1.807) is 25.1 Å². The minimum absolute atomic E-state index is 0.116. The summed E-state index contributed by atoms with van der Waals surface area (Å²) in [5.41, 5.74) is 1.26. The van der Waals surface area contributed by atoms with Crippen molar-refractivity contribution in [3.8, 4) is 11.4 Å². The first-order valence-corrected chi connectivity index (χ1v) is 10.8. The van der Waals surface area contributed by atoms with Crippen molar-refractivity contribution in [2.45, 2.75) is 13.8 Å². The van der Waals surface area contributed by atoms with Gasteiger partial charge in [0.25, 0.3) is 11.5 Å². The van der Waals surface area contributed by atoms with Gasteiger partial charge in [-0.3, -0.25) is 9.59 Å². The van der Waals surface area contributed by atoms with Crippen LogP contribution in [0.2, 0.25) is 0 Å². The van der Waals surface area contributed by atoms with Gasteiger partial charge in [0.15, 0.2) is 12.4 Å². The van der Waals surface area contributed by atoms with E-state index in [0.29, 0.717) is 11.4 Å². The number of aromatic nitrogens is 2. The summed E-state index contributed by atoms with van der Waals surface area (Å²) in [5.74, 6) is -1.33. The molecule has 0 aliphatic rings. The van der Waals surface area contributed by atoms with Crippen molar-refractivity contribution in [2.24, 2.45) is 0 Å². The molecule has 3 aromatic carbocycles. The van der Waals surface area contributed by atoms with E-state index in [1.165, 1.54) is 0 Å². The molecule has 0 fully saturated rings. The minimum atomic E-state index is -0.755. The summed E-state index contributed by atoms with van der Waals surface area (Å²) in [6.07, 6.45) is 0. The second-order valence-corrected chi connectivity index (χ2v) is 7.48. The van der Waals surface area contributed by atoms with E-state index in [2.05, 4.69) is 10.4 Å². The molecule has 8 heteroatoms. The lowest BCUT2D eigenvalue weighted by Gasteiger charge is -2.14. The SMILES string of the molecule is CCOC(=O)c1nn(-c2ccccc2C)c(=O)cc1OCC(=O)Nc1cccc2ccccc12. The van der Waals surface area contributed by atoms with Gasteiger partial charge in [0, 0.05) is 11.1 Å². The Hall–Kier alpha value is -4.46. The first-order chi connectivity index (χ1) is 16.5. The molecule has 4 rings (SSSR count). The van der Waals surface area contributed by atoms with Gasteiger partial charge in [-0.05, 0) is 36.9 Å². The van der Waals surface area contributed by atoms with Crippen molar-refractivity contribution in [2.75, 3.05) is 18.5 Å². The molecule has 0 unspecified atom stereocenters. The Balaban J connectivity index is 1.60. The average Bonchev–Trinajstić information content (AvgIpc) is 2.84. The van der Waals surface area contributed by atoms with Gasteiger partial charge in [-0.25, -0.2) is 4.79 Å². The van der Waals surface area contributed by atoms with Gasteiger partial charge in [0.2, 0.25) is 5.69 Å². The smallest absolute Gasteiger partial charge is 0.362 e. The van der Waals surface area contributed by atoms with Crippen LogP contribution in [0.5, 0.6) is 5.75 Å². The standard InChI is InChI=1S/C26H23N3O5/c1-3-33-26(32)25-22(15-24(31)29(28-25)21-14-7-4-9-17(21)2)34-16-23(30)27-20-13-8-11-18-10-5-6-12-19(18)20/h4-15H,3,16H2,1-2H3,(H,27,30). The number of ether oxygens (including phenoxy) is 2. The molecular weight excluding hydrogens is 434 g/mol. The third-order valence-electron chi connectivity index (χ3n) is 5.13. The van der Waals surface area contributed by atoms with Gasteiger partial charge >= 0.3 is 5.97 Å². The van der Waals surface area contributed by atoms with Crippen molar-refractivity contribution in [3.63, 3.8) is 0 Å². The summed E-state index contributed by atoms with van der Waals surface area (Å²) < 4.78 is 11.8. The Morgan fingerprint density at radius 2 is 1.74 bits per heavy atom. The number of carbonyl (C=O) groups excluding carboxylic acids is 2. The van der Waals surface area contributed by atoms with Crippen LogP contribution >= 0.6 is 0 Å². The summed E-state index contributed by atoms with van der Waals surface area (Å²) in [7, 11) is 0. The van der Waals surface area contributed by atoms with Crippen molar-refractivity contribution in [3.05, 3.63) is 94.4 Å². The Bertz CT molecular complexity index is 1420. The third kappa shape index (κ3) is 4.80. The van der Waals surface area contributed by atoms with Gasteiger partial charge in [0.05, 0.1) is 18.4 Å². The third-order valence-corrected chi connectivity index (χ3v) is 5.13. The van der Waals surface area contributed by atoms with Crippen molar-refractivity contribution < 1.29 is 19.1 Å². The van der Waals surface area contributed by atoms with Crippen LogP contribution in [-0.4, -0.2) is 34.9 Å². The molecule has 4 aromatic rings. The normalized spacial score (nSPS) is 10.6. The van der Waals surface area contributed by atoms with E-state index < -0.39 is 24.0 Å². The lowest BCUT2D eigenvalue weighted by molar-refractivity contribution is -0.118. The molecule has 1 N–H and O–H groups in total. The summed E-state index contributed by atoms with van der Waals surface area (Å²) in [6, 6.07) is 21.5. The van der Waals surface area contributed by atoms with E-state index in [0.717, 1.165) is 27.1 Å². The highest BCUT2D eigenvalue weighted by Crippen LogP contribution is 2.23. The molecule has 1 heterocycles. The number of benzene rings is 3. The largest absolute Gasteiger partial charge is 0.481 e. The molecule has 0 atom stereocenters. The fraction of sp³-hybridized carbons (Fsp3) is 0.154. The second-order valence-electron chi connectivity index (χ2n) is 7.48. The molecule has 0 radical (unpaired) electrons. The van der Waals surface area contributed by atoms with Crippen molar-refractivity contribution >= 4 is 28.3 Å². The number of hydrogen-bond acceptors (Lipinski definition) is 6. The summed E-state index contributed by atoms with van der Waals surface area (Å²) in [5, 5.41) is 8.87. The topological polar surface area (TPSA) is 99.5 Å². The summed E-state index contributed by atoms with van der Waals surface area (Å²) in [4.78, 5) is 37.9. The summed E-state index contributed by atoms with van der Waals surface area (Å²) >= 11 is 0. The molecule has 1 aromatic heterocycles. The van der Waals surface area contributed by atoms with Crippen LogP contribution in [0.3, 0.4) is 0 Å². The maximum Gasteiger partial charge on any atom is 0.362 e. The molecule has 0 aliphatic carbocycles. The Morgan fingerprint density at radius 3 is 2.53 bits per heavy atom. The minimum Gasteiger partial charge on any atom is -0.481 e. The maximum absolute atomic E-state index is 12.8. The highest BCUT2D eigenvalue weighted by atomic mass is 16.5. The molecule has 0 bridgehead atoms. The highest BCUT2D eigenvalue weighted by molar-refractivity contribution is 6.02. The second kappa shape index (κ2) is 9.99. The number of para-hydroxylation sites is 1. The van der Waals surface area contributed by atoms with Gasteiger partial charge in [-0.1, -0.05) is 54.6 Å². The molecular formula is C26H23N3O5. The molecule has 172 valence electrons. The molecule has 0 aliphatic heterocycles. The first kappa shape index (κ1) is 22.7. The Morgan fingerprint density at radius 1 is 1.00 bits per heavy atom. The fourth-order valence-electron chi connectivity index (χ4n) is 3.53.